The van der Waals surface area contributed by atoms with E-state index in [1.165, 1.54) is 0 Å². The van der Waals surface area contributed by atoms with Crippen LogP contribution in [-0.4, -0.2) is 10.1 Å². The number of nitrogens with one attached hydrogen (secondary N) is 2. The highest BCUT2D eigenvalue weighted by molar-refractivity contribution is 7.80. The van der Waals surface area contributed by atoms with Crippen molar-refractivity contribution in [2.45, 2.75) is 6.54 Å². The van der Waals surface area contributed by atoms with Crippen molar-refractivity contribution in [3.05, 3.63) is 95.9 Å². The molecule has 0 aliphatic rings. The lowest BCUT2D eigenvalue weighted by Crippen LogP contribution is -2.27. The van der Waals surface area contributed by atoms with Crippen molar-refractivity contribution in [3.8, 4) is 21.8 Å². The maximum atomic E-state index is 5.39. The molecule has 4 aromatic rings. The average molecular weight is 402 g/mol. The van der Waals surface area contributed by atoms with Crippen LogP contribution in [0.2, 0.25) is 0 Å². The summed E-state index contributed by atoms with van der Waals surface area (Å²) in [7, 11) is 0. The summed E-state index contributed by atoms with van der Waals surface area (Å²) < 4.78 is 0. The Morgan fingerprint density at radius 1 is 0.857 bits per heavy atom. The SMILES string of the molecule is S=C(NCc1cccc(-c2nc(-c3ccccc3)cs2)c1)Nc1ccccc1. The molecule has 0 fully saturated rings. The van der Waals surface area contributed by atoms with Crippen LogP contribution in [0.1, 0.15) is 5.56 Å². The van der Waals surface area contributed by atoms with Gasteiger partial charge in [0.25, 0.3) is 0 Å². The Bertz CT molecular complexity index is 1060. The molecule has 4 rings (SSSR count). The summed E-state index contributed by atoms with van der Waals surface area (Å²) in [6.45, 7) is 0.656. The van der Waals surface area contributed by atoms with Gasteiger partial charge < -0.3 is 10.6 Å². The van der Waals surface area contributed by atoms with Crippen molar-refractivity contribution in [1.29, 1.82) is 0 Å². The Balaban J connectivity index is 1.42. The minimum Gasteiger partial charge on any atom is -0.358 e. The van der Waals surface area contributed by atoms with Crippen LogP contribution in [0.3, 0.4) is 0 Å². The summed E-state index contributed by atoms with van der Waals surface area (Å²) in [6.07, 6.45) is 0. The van der Waals surface area contributed by atoms with Crippen LogP contribution in [0.4, 0.5) is 5.69 Å². The number of anilines is 1. The first kappa shape index (κ1) is 18.3. The van der Waals surface area contributed by atoms with Gasteiger partial charge in [-0.1, -0.05) is 66.7 Å². The fourth-order valence-corrected chi connectivity index (χ4v) is 3.86. The molecule has 5 heteroatoms. The van der Waals surface area contributed by atoms with Crippen molar-refractivity contribution in [2.24, 2.45) is 0 Å². The maximum Gasteiger partial charge on any atom is 0.171 e. The largest absolute Gasteiger partial charge is 0.358 e. The van der Waals surface area contributed by atoms with Crippen LogP contribution >= 0.6 is 23.6 Å². The molecule has 0 aliphatic carbocycles. The zero-order chi connectivity index (χ0) is 19.2. The molecule has 0 atom stereocenters. The van der Waals surface area contributed by atoms with Gasteiger partial charge in [-0.25, -0.2) is 4.98 Å². The summed E-state index contributed by atoms with van der Waals surface area (Å²) in [5.74, 6) is 0. The molecule has 0 saturated carbocycles. The van der Waals surface area contributed by atoms with Crippen molar-refractivity contribution < 1.29 is 0 Å². The minimum atomic E-state index is 0.609. The van der Waals surface area contributed by atoms with Crippen LogP contribution < -0.4 is 10.6 Å². The normalized spacial score (nSPS) is 10.4. The minimum absolute atomic E-state index is 0.609. The number of rotatable bonds is 5. The standard InChI is InChI=1S/C23H19N3S2/c27-23(25-20-12-5-2-6-13-20)24-15-17-8-7-11-19(14-17)22-26-21(16-28-22)18-9-3-1-4-10-18/h1-14,16H,15H2,(H2,24,25,27). The highest BCUT2D eigenvalue weighted by Gasteiger charge is 2.07. The molecule has 0 bridgehead atoms. The van der Waals surface area contributed by atoms with E-state index in [2.05, 4.69) is 52.4 Å². The van der Waals surface area contributed by atoms with Gasteiger partial charge >= 0.3 is 0 Å². The van der Waals surface area contributed by atoms with Gasteiger partial charge in [-0.3, -0.25) is 0 Å². The van der Waals surface area contributed by atoms with Gasteiger partial charge in [-0.2, -0.15) is 0 Å². The van der Waals surface area contributed by atoms with E-state index < -0.39 is 0 Å². The fourth-order valence-electron chi connectivity index (χ4n) is 2.84. The molecule has 0 radical (unpaired) electrons. The first-order valence-corrected chi connectivity index (χ1v) is 10.3. The molecular formula is C23H19N3S2. The Hall–Kier alpha value is -3.02. The molecule has 1 heterocycles. The lowest BCUT2D eigenvalue weighted by molar-refractivity contribution is 0.926. The monoisotopic (exact) mass is 401 g/mol. The van der Waals surface area contributed by atoms with E-state index in [0.717, 1.165) is 33.1 Å². The first-order valence-electron chi connectivity index (χ1n) is 8.98. The lowest BCUT2D eigenvalue weighted by atomic mass is 10.1. The average Bonchev–Trinajstić information content (AvgIpc) is 3.24. The molecule has 28 heavy (non-hydrogen) atoms. The molecule has 3 aromatic carbocycles. The number of para-hydroxylation sites is 1. The van der Waals surface area contributed by atoms with Crippen molar-refractivity contribution >= 4 is 34.4 Å². The Morgan fingerprint density at radius 2 is 1.57 bits per heavy atom. The molecule has 138 valence electrons. The fraction of sp³-hybridized carbons (Fsp3) is 0.0435. The van der Waals surface area contributed by atoms with E-state index in [4.69, 9.17) is 17.2 Å². The third kappa shape index (κ3) is 4.63. The van der Waals surface area contributed by atoms with Crippen molar-refractivity contribution in [2.75, 3.05) is 5.32 Å². The van der Waals surface area contributed by atoms with Gasteiger partial charge in [0.1, 0.15) is 5.01 Å². The van der Waals surface area contributed by atoms with Crippen LogP contribution in [0, 0.1) is 0 Å². The van der Waals surface area contributed by atoms with Crippen LogP contribution in [0.25, 0.3) is 21.8 Å². The highest BCUT2D eigenvalue weighted by Crippen LogP contribution is 2.29. The molecule has 0 amide bonds. The number of thiocarbonyl (C=S) groups is 1. The lowest BCUT2D eigenvalue weighted by Gasteiger charge is -2.11. The predicted molar refractivity (Wildman–Crippen MR) is 122 cm³/mol. The highest BCUT2D eigenvalue weighted by atomic mass is 32.1. The summed E-state index contributed by atoms with van der Waals surface area (Å²) >= 11 is 7.05. The molecule has 0 aliphatic heterocycles. The smallest absolute Gasteiger partial charge is 0.171 e. The van der Waals surface area contributed by atoms with E-state index >= 15 is 0 Å². The van der Waals surface area contributed by atoms with Crippen molar-refractivity contribution in [1.82, 2.24) is 10.3 Å². The van der Waals surface area contributed by atoms with E-state index in [9.17, 15) is 0 Å². The second-order valence-corrected chi connectivity index (χ2v) is 7.54. The molecule has 3 nitrogen and oxygen atoms in total. The predicted octanol–water partition coefficient (Wildman–Crippen LogP) is 5.96. The zero-order valence-corrected chi connectivity index (χ0v) is 16.8. The summed E-state index contributed by atoms with van der Waals surface area (Å²) in [5.41, 5.74) is 5.40. The maximum absolute atomic E-state index is 5.39. The number of hydrogen-bond donors (Lipinski definition) is 2. The molecular weight excluding hydrogens is 382 g/mol. The Labute approximate surface area is 174 Å². The van der Waals surface area contributed by atoms with E-state index in [-0.39, 0.29) is 0 Å². The van der Waals surface area contributed by atoms with Gasteiger partial charge in [-0.15, -0.1) is 11.3 Å². The van der Waals surface area contributed by atoms with Crippen LogP contribution in [-0.2, 0) is 6.54 Å². The van der Waals surface area contributed by atoms with Gasteiger partial charge in [-0.05, 0) is 36.0 Å². The molecule has 0 saturated heterocycles. The molecule has 2 N–H and O–H groups in total. The summed E-state index contributed by atoms with van der Waals surface area (Å²) in [4.78, 5) is 4.80. The zero-order valence-electron chi connectivity index (χ0n) is 15.1. The molecule has 0 unspecified atom stereocenters. The molecule has 1 aromatic heterocycles. The van der Waals surface area contributed by atoms with Crippen LogP contribution in [0.5, 0.6) is 0 Å². The van der Waals surface area contributed by atoms with Gasteiger partial charge in [0.2, 0.25) is 0 Å². The number of aromatic nitrogens is 1. The number of thiazole rings is 1. The second kappa shape index (κ2) is 8.78. The van der Waals surface area contributed by atoms with E-state index in [1.807, 2.05) is 48.5 Å². The number of benzene rings is 3. The third-order valence-corrected chi connectivity index (χ3v) is 5.37. The summed E-state index contributed by atoms with van der Waals surface area (Å²) in [5, 5.41) is 10.2. The Morgan fingerprint density at radius 3 is 2.36 bits per heavy atom. The summed E-state index contributed by atoms with van der Waals surface area (Å²) in [6, 6.07) is 28.6. The van der Waals surface area contributed by atoms with Gasteiger partial charge in [0.15, 0.2) is 5.11 Å². The number of hydrogen-bond acceptors (Lipinski definition) is 3. The van der Waals surface area contributed by atoms with E-state index in [1.54, 1.807) is 11.3 Å². The van der Waals surface area contributed by atoms with Crippen LogP contribution in [0.15, 0.2) is 90.3 Å². The second-order valence-electron chi connectivity index (χ2n) is 6.28. The topological polar surface area (TPSA) is 37.0 Å². The van der Waals surface area contributed by atoms with Crippen molar-refractivity contribution in [3.63, 3.8) is 0 Å². The third-order valence-electron chi connectivity index (χ3n) is 4.23. The van der Waals surface area contributed by atoms with E-state index in [0.29, 0.717) is 11.7 Å². The van der Waals surface area contributed by atoms with Gasteiger partial charge in [0.05, 0.1) is 5.69 Å². The van der Waals surface area contributed by atoms with Gasteiger partial charge in [0, 0.05) is 28.7 Å². The first-order chi connectivity index (χ1) is 13.8. The number of nitrogens with zero attached hydrogens (tertiary/aromatic N) is 1. The molecule has 0 spiro atoms. The Kier molecular flexibility index (Phi) is 5.75. The quantitative estimate of drug-likeness (QED) is 0.404.